The summed E-state index contributed by atoms with van der Waals surface area (Å²) in [7, 11) is 0. The van der Waals surface area contributed by atoms with Crippen LogP contribution in [0.5, 0.6) is 11.5 Å². The number of carbonyl (C=O) groups excluding carboxylic acids is 1. The Hall–Kier alpha value is -2.27. The third-order valence-electron chi connectivity index (χ3n) is 2.94. The molecule has 0 aliphatic rings. The van der Waals surface area contributed by atoms with Crippen molar-refractivity contribution in [3.8, 4) is 23.8 Å². The summed E-state index contributed by atoms with van der Waals surface area (Å²) in [5, 5.41) is 21.3. The number of nitrogens with two attached hydrogens (primary N) is 1. The summed E-state index contributed by atoms with van der Waals surface area (Å²) < 4.78 is 10.3. The third-order valence-corrected chi connectivity index (χ3v) is 2.94. The molecule has 0 radical (unpaired) electrons. The zero-order valence-corrected chi connectivity index (χ0v) is 12.8. The van der Waals surface area contributed by atoms with Crippen molar-refractivity contribution >= 4 is 5.91 Å². The van der Waals surface area contributed by atoms with Crippen LogP contribution < -0.4 is 11.1 Å². The molecule has 0 heterocycles. The molecule has 7 nitrogen and oxygen atoms in total. The molecule has 0 spiro atoms. The number of rotatable bonds is 10. The molecule has 5 N–H and O–H groups in total. The van der Waals surface area contributed by atoms with Crippen LogP contribution in [0, 0.1) is 12.3 Å². The number of benzene rings is 1. The summed E-state index contributed by atoms with van der Waals surface area (Å²) in [5.74, 6) is 1.58. The van der Waals surface area contributed by atoms with E-state index < -0.39 is 6.04 Å². The molecule has 0 aliphatic heterocycles. The highest BCUT2D eigenvalue weighted by molar-refractivity contribution is 5.81. The van der Waals surface area contributed by atoms with Gasteiger partial charge in [0.2, 0.25) is 5.91 Å². The van der Waals surface area contributed by atoms with Gasteiger partial charge >= 0.3 is 0 Å². The van der Waals surface area contributed by atoms with Gasteiger partial charge in [-0.2, -0.15) is 0 Å². The van der Waals surface area contributed by atoms with Crippen molar-refractivity contribution in [2.75, 3.05) is 33.0 Å². The van der Waals surface area contributed by atoms with Crippen molar-refractivity contribution in [3.63, 3.8) is 0 Å². The first kappa shape index (κ1) is 18.8. The Labute approximate surface area is 135 Å². The summed E-state index contributed by atoms with van der Waals surface area (Å²) >= 11 is 0. The molecule has 23 heavy (non-hydrogen) atoms. The minimum absolute atomic E-state index is 0.213. The van der Waals surface area contributed by atoms with Gasteiger partial charge < -0.3 is 30.7 Å². The van der Waals surface area contributed by atoms with Gasteiger partial charge in [0.25, 0.3) is 0 Å². The van der Waals surface area contributed by atoms with E-state index in [2.05, 4.69) is 11.2 Å². The molecule has 0 aromatic heterocycles. The molecule has 0 saturated carbocycles. The molecule has 1 aromatic carbocycles. The van der Waals surface area contributed by atoms with Crippen LogP contribution in [0.3, 0.4) is 0 Å². The monoisotopic (exact) mass is 322 g/mol. The standard InChI is InChI=1S/C16H22N2O5/c1-2-6-22-8-9-23-7-5-18-16(21)13(17)10-12-3-4-14(19)15(20)11-12/h1,3-4,11,13,19-20H,5-10,17H2,(H,18,21). The van der Waals surface area contributed by atoms with Crippen LogP contribution in [0.1, 0.15) is 5.56 Å². The average Bonchev–Trinajstić information content (AvgIpc) is 2.53. The van der Waals surface area contributed by atoms with Crippen LogP contribution in [-0.2, 0) is 20.7 Å². The van der Waals surface area contributed by atoms with Crippen molar-refractivity contribution in [1.82, 2.24) is 5.32 Å². The number of terminal acetylenes is 1. The molecule has 0 saturated heterocycles. The second kappa shape index (κ2) is 10.5. The first-order valence-corrected chi connectivity index (χ1v) is 7.17. The lowest BCUT2D eigenvalue weighted by Crippen LogP contribution is -2.43. The molecule has 0 fully saturated rings. The van der Waals surface area contributed by atoms with E-state index in [4.69, 9.17) is 21.6 Å². The molecular formula is C16H22N2O5. The van der Waals surface area contributed by atoms with Crippen molar-refractivity contribution in [2.24, 2.45) is 5.73 Å². The second-order valence-electron chi connectivity index (χ2n) is 4.79. The Kier molecular flexibility index (Phi) is 8.54. The lowest BCUT2D eigenvalue weighted by molar-refractivity contribution is -0.122. The Morgan fingerprint density at radius 3 is 2.70 bits per heavy atom. The summed E-state index contributed by atoms with van der Waals surface area (Å²) in [5.41, 5.74) is 6.45. The van der Waals surface area contributed by atoms with Crippen molar-refractivity contribution < 1.29 is 24.5 Å². The second-order valence-corrected chi connectivity index (χ2v) is 4.79. The highest BCUT2D eigenvalue weighted by atomic mass is 16.5. The first-order valence-electron chi connectivity index (χ1n) is 7.17. The fraction of sp³-hybridized carbons (Fsp3) is 0.438. The van der Waals surface area contributed by atoms with E-state index in [1.54, 1.807) is 6.07 Å². The SMILES string of the molecule is C#CCOCCOCCNC(=O)C(N)Cc1ccc(O)c(O)c1. The van der Waals surface area contributed by atoms with Crippen LogP contribution >= 0.6 is 0 Å². The smallest absolute Gasteiger partial charge is 0.237 e. The predicted molar refractivity (Wildman–Crippen MR) is 84.9 cm³/mol. The van der Waals surface area contributed by atoms with Crippen LogP contribution in [0.4, 0.5) is 0 Å². The largest absolute Gasteiger partial charge is 0.504 e. The van der Waals surface area contributed by atoms with Gasteiger partial charge in [0.1, 0.15) is 6.61 Å². The normalized spacial score (nSPS) is 11.7. The Bertz CT molecular complexity index is 542. The number of phenolic OH excluding ortho intramolecular Hbond substituents is 2. The number of ether oxygens (including phenoxy) is 2. The van der Waals surface area contributed by atoms with E-state index in [1.165, 1.54) is 12.1 Å². The highest BCUT2D eigenvalue weighted by Gasteiger charge is 2.14. The Morgan fingerprint density at radius 2 is 2.00 bits per heavy atom. The molecule has 0 bridgehead atoms. The van der Waals surface area contributed by atoms with Gasteiger partial charge in [-0.15, -0.1) is 6.42 Å². The van der Waals surface area contributed by atoms with E-state index in [1.807, 2.05) is 0 Å². The van der Waals surface area contributed by atoms with Gasteiger partial charge in [-0.1, -0.05) is 12.0 Å². The van der Waals surface area contributed by atoms with E-state index in [9.17, 15) is 15.0 Å². The minimum atomic E-state index is -0.752. The maximum atomic E-state index is 11.8. The van der Waals surface area contributed by atoms with Gasteiger partial charge in [-0.3, -0.25) is 4.79 Å². The molecule has 1 aromatic rings. The molecular weight excluding hydrogens is 300 g/mol. The average molecular weight is 322 g/mol. The van der Waals surface area contributed by atoms with Crippen LogP contribution in [0.2, 0.25) is 0 Å². The third kappa shape index (κ3) is 7.51. The maximum absolute atomic E-state index is 11.8. The highest BCUT2D eigenvalue weighted by Crippen LogP contribution is 2.25. The predicted octanol–water partition coefficient (Wildman–Crippen LogP) is -0.250. The number of phenols is 2. The molecule has 1 unspecified atom stereocenters. The summed E-state index contributed by atoms with van der Waals surface area (Å²) in [6.07, 6.45) is 5.27. The number of aromatic hydroxyl groups is 2. The molecule has 1 amide bonds. The molecule has 1 rings (SSSR count). The Balaban J connectivity index is 2.19. The fourth-order valence-electron chi connectivity index (χ4n) is 1.77. The zero-order valence-electron chi connectivity index (χ0n) is 12.8. The van der Waals surface area contributed by atoms with Gasteiger partial charge in [-0.25, -0.2) is 0 Å². The topological polar surface area (TPSA) is 114 Å². The van der Waals surface area contributed by atoms with Crippen molar-refractivity contribution in [1.29, 1.82) is 0 Å². The van der Waals surface area contributed by atoms with Gasteiger partial charge in [0.05, 0.1) is 25.9 Å². The summed E-state index contributed by atoms with van der Waals surface area (Å²) in [4.78, 5) is 11.8. The molecule has 0 aliphatic carbocycles. The number of hydrogen-bond acceptors (Lipinski definition) is 6. The number of hydrogen-bond donors (Lipinski definition) is 4. The molecule has 126 valence electrons. The Morgan fingerprint density at radius 1 is 1.26 bits per heavy atom. The minimum Gasteiger partial charge on any atom is -0.504 e. The van der Waals surface area contributed by atoms with Crippen molar-refractivity contribution in [2.45, 2.75) is 12.5 Å². The van der Waals surface area contributed by atoms with Crippen LogP contribution in [0.15, 0.2) is 18.2 Å². The lowest BCUT2D eigenvalue weighted by Gasteiger charge is -2.13. The fourth-order valence-corrected chi connectivity index (χ4v) is 1.77. The first-order chi connectivity index (χ1) is 11.0. The van der Waals surface area contributed by atoms with Crippen LogP contribution in [-0.4, -0.2) is 55.1 Å². The van der Waals surface area contributed by atoms with E-state index in [0.717, 1.165) is 0 Å². The van der Waals surface area contributed by atoms with E-state index in [-0.39, 0.29) is 30.4 Å². The maximum Gasteiger partial charge on any atom is 0.237 e. The molecule has 1 atom stereocenters. The van der Waals surface area contributed by atoms with E-state index in [0.29, 0.717) is 31.9 Å². The summed E-state index contributed by atoms with van der Waals surface area (Å²) in [6, 6.07) is 3.58. The summed E-state index contributed by atoms with van der Waals surface area (Å²) in [6.45, 7) is 1.74. The van der Waals surface area contributed by atoms with Gasteiger partial charge in [-0.05, 0) is 24.1 Å². The van der Waals surface area contributed by atoms with Gasteiger partial charge in [0, 0.05) is 6.54 Å². The number of nitrogens with one attached hydrogen (secondary N) is 1. The number of carbonyl (C=O) groups is 1. The quantitative estimate of drug-likeness (QED) is 0.268. The lowest BCUT2D eigenvalue weighted by atomic mass is 10.1. The molecule has 7 heteroatoms. The van der Waals surface area contributed by atoms with Gasteiger partial charge in [0.15, 0.2) is 11.5 Å². The van der Waals surface area contributed by atoms with E-state index >= 15 is 0 Å². The number of amides is 1. The van der Waals surface area contributed by atoms with Crippen LogP contribution in [0.25, 0.3) is 0 Å². The zero-order chi connectivity index (χ0) is 17.1. The van der Waals surface area contributed by atoms with Crippen molar-refractivity contribution in [3.05, 3.63) is 23.8 Å².